The molecule has 0 aliphatic heterocycles. The molecule has 8 N–H and O–H groups in total. The van der Waals surface area contributed by atoms with E-state index < -0.39 is 86.2 Å². The molecule has 11 nitrogen and oxygen atoms in total. The van der Waals surface area contributed by atoms with Crippen LogP contribution in [0, 0.1) is 63.1 Å². The lowest BCUT2D eigenvalue weighted by Gasteiger charge is -2.69. The van der Waals surface area contributed by atoms with Gasteiger partial charge in [-0.15, -0.1) is 0 Å². The number of benzene rings is 1. The van der Waals surface area contributed by atoms with Crippen LogP contribution in [0.2, 0.25) is 0 Å². The van der Waals surface area contributed by atoms with Crippen LogP contribution in [-0.4, -0.2) is 73.6 Å². The zero-order chi connectivity index (χ0) is 41.7. The summed E-state index contributed by atoms with van der Waals surface area (Å²) in [6.07, 6.45) is 10.1. The Hall–Kier alpha value is -3.93. The molecule has 0 bridgehead atoms. The van der Waals surface area contributed by atoms with Crippen molar-refractivity contribution in [2.75, 3.05) is 6.54 Å². The maximum atomic E-state index is 15.6. The Bertz CT molecular complexity index is 1980. The number of carbonyl (C=O) groups excluding carboxylic acids is 3. The monoisotopic (exact) mass is 783 g/mol. The highest BCUT2D eigenvalue weighted by molar-refractivity contribution is 6.02. The minimum absolute atomic E-state index is 0.0551. The summed E-state index contributed by atoms with van der Waals surface area (Å²) in [4.78, 5) is 59.2. The average molecular weight is 784 g/mol. The fraction of sp³-hybridized carbons (Fsp3) is 0.630. The van der Waals surface area contributed by atoms with E-state index in [4.69, 9.17) is 11.5 Å². The number of carboxylic acids is 1. The van der Waals surface area contributed by atoms with E-state index >= 15 is 4.79 Å². The summed E-state index contributed by atoms with van der Waals surface area (Å²) in [5.41, 5.74) is 6.45. The number of carboxylic acid groups (broad SMARTS) is 1. The number of ketones is 3. The van der Waals surface area contributed by atoms with E-state index in [0.717, 1.165) is 31.2 Å². The van der Waals surface area contributed by atoms with E-state index in [1.165, 1.54) is 6.92 Å². The van der Waals surface area contributed by atoms with Crippen LogP contribution in [-0.2, 0) is 19.2 Å². The van der Waals surface area contributed by atoms with Gasteiger partial charge in [0.2, 0.25) is 0 Å². The highest BCUT2D eigenvalue weighted by atomic mass is 16.4. The van der Waals surface area contributed by atoms with Crippen molar-refractivity contribution in [3.05, 3.63) is 65.3 Å². The molecule has 6 aliphatic rings. The number of aliphatic imine (C=N–C) groups is 1. The van der Waals surface area contributed by atoms with Crippen LogP contribution in [0.1, 0.15) is 98.5 Å². The maximum absolute atomic E-state index is 15.6. The molecule has 0 spiro atoms. The molecule has 0 aromatic heterocycles. The van der Waals surface area contributed by atoms with Gasteiger partial charge in [-0.3, -0.25) is 24.2 Å². The lowest BCUT2D eigenvalue weighted by Crippen LogP contribution is -2.70. The molecule has 3 saturated carbocycles. The molecule has 6 aliphatic carbocycles. The molecule has 11 heteroatoms. The molecule has 7 rings (SSSR count). The van der Waals surface area contributed by atoms with Gasteiger partial charge in [-0.1, -0.05) is 96.0 Å². The molecule has 0 radical (unpaired) electrons. The summed E-state index contributed by atoms with van der Waals surface area (Å²) in [5, 5.41) is 48.6. The van der Waals surface area contributed by atoms with Gasteiger partial charge < -0.3 is 31.9 Å². The normalized spacial score (nSPS) is 39.0. The molecule has 1 aromatic carbocycles. The van der Waals surface area contributed by atoms with E-state index in [1.807, 2.05) is 70.2 Å². The number of fused-ring (bicyclic) bond motifs is 2. The number of aliphatic hydroxyl groups excluding tert-OH is 1. The van der Waals surface area contributed by atoms with Gasteiger partial charge in [0.25, 0.3) is 0 Å². The van der Waals surface area contributed by atoms with E-state index in [-0.39, 0.29) is 49.3 Å². The summed E-state index contributed by atoms with van der Waals surface area (Å²) < 4.78 is 0. The Kier molecular flexibility index (Phi) is 10.0. The number of aliphatic carboxylic acids is 1. The standard InChI is InChI=1S/C46H61N3O8/c1-25(29(24-49-40(47)48)36(53)35(52)26(2)39(54)55)31-22-44(56)20-21-46(57)30(17-16-27-12-8-7-9-13-27)37-41(3,4)33(51)18-19-42(37,5)34-32(50)23-45(31,28-14-10-11-15-28)43(44,6)38(34)46/h7-9,12-13,16-17,20-21,25-26,28-31,36-37,53,56-57H,10-11,14-15,18-19,22-24H2,1-6H3,(H,54,55)(H4,47,48,49)/t25-,26-,29+,30+,31+,36+,37+,42-,43-,44-,45+,46+/m1/s1. The molecule has 0 saturated heterocycles. The summed E-state index contributed by atoms with van der Waals surface area (Å²) in [7, 11) is 0. The van der Waals surface area contributed by atoms with Crippen molar-refractivity contribution in [1.29, 1.82) is 0 Å². The molecule has 12 atom stereocenters. The minimum atomic E-state index is -1.75. The highest BCUT2D eigenvalue weighted by Crippen LogP contribution is 2.80. The number of Topliss-reactive ketones (excluding diaryl/α,β-unsaturated/α-hetero) is 3. The first kappa shape index (κ1) is 41.2. The molecule has 0 heterocycles. The third-order valence-corrected chi connectivity index (χ3v) is 16.6. The molecule has 57 heavy (non-hydrogen) atoms. The minimum Gasteiger partial charge on any atom is -0.481 e. The summed E-state index contributed by atoms with van der Waals surface area (Å²) in [6.45, 7) is 11.0. The van der Waals surface area contributed by atoms with Crippen LogP contribution in [0.3, 0.4) is 0 Å². The number of nitrogens with two attached hydrogens (primary N) is 2. The van der Waals surface area contributed by atoms with E-state index in [9.17, 15) is 34.8 Å². The first-order valence-corrected chi connectivity index (χ1v) is 20.8. The van der Waals surface area contributed by atoms with Gasteiger partial charge in [0.15, 0.2) is 17.5 Å². The highest BCUT2D eigenvalue weighted by Gasteiger charge is 2.81. The van der Waals surface area contributed by atoms with Gasteiger partial charge in [-0.25, -0.2) is 0 Å². The largest absolute Gasteiger partial charge is 0.481 e. The second kappa shape index (κ2) is 13.8. The number of rotatable bonds is 11. The Balaban J connectivity index is 1.48. The zero-order valence-corrected chi connectivity index (χ0v) is 34.2. The fourth-order valence-corrected chi connectivity index (χ4v) is 13.9. The van der Waals surface area contributed by atoms with Gasteiger partial charge in [0, 0.05) is 53.0 Å². The zero-order valence-electron chi connectivity index (χ0n) is 34.2. The Labute approximate surface area is 335 Å². The van der Waals surface area contributed by atoms with Gasteiger partial charge in [0.1, 0.15) is 23.4 Å². The summed E-state index contributed by atoms with van der Waals surface area (Å²) in [5.74, 6) is -7.16. The van der Waals surface area contributed by atoms with Crippen LogP contribution < -0.4 is 11.5 Å². The lowest BCUT2D eigenvalue weighted by atomic mass is 9.34. The topological polar surface area (TPSA) is 214 Å². The van der Waals surface area contributed by atoms with Gasteiger partial charge in [0.05, 0.1) is 5.60 Å². The number of allylic oxidation sites excluding steroid dienone is 1. The van der Waals surface area contributed by atoms with Crippen molar-refractivity contribution in [2.24, 2.45) is 79.5 Å². The third-order valence-electron chi connectivity index (χ3n) is 16.6. The number of carbonyl (C=O) groups is 4. The number of nitrogens with zero attached hydrogens (tertiary/aromatic N) is 1. The first-order valence-electron chi connectivity index (χ1n) is 20.8. The molecular formula is C46H61N3O8. The van der Waals surface area contributed by atoms with Crippen LogP contribution in [0.5, 0.6) is 0 Å². The predicted octanol–water partition coefficient (Wildman–Crippen LogP) is 5.02. The third kappa shape index (κ3) is 5.64. The Morgan fingerprint density at radius 1 is 1.00 bits per heavy atom. The Morgan fingerprint density at radius 3 is 2.26 bits per heavy atom. The summed E-state index contributed by atoms with van der Waals surface area (Å²) >= 11 is 0. The molecule has 3 fully saturated rings. The first-order chi connectivity index (χ1) is 26.6. The van der Waals surface area contributed by atoms with Crippen molar-refractivity contribution in [2.45, 2.75) is 110 Å². The number of guanidine groups is 1. The molecule has 1 aromatic rings. The van der Waals surface area contributed by atoms with E-state index in [2.05, 4.69) is 11.9 Å². The number of hydrogen-bond acceptors (Lipinski definition) is 8. The lowest BCUT2D eigenvalue weighted by molar-refractivity contribution is -0.170. The quantitative estimate of drug-likeness (QED) is 0.0763. The molecule has 308 valence electrons. The SMILES string of the molecule is C[C@@H](C(=O)O)C(=O)[C@@H](O)[C@@H](CN=C(N)N)[C@@H](C)[C@@H]1C[C@]2(O)C=C[C@@]3(O)C4=C(C(=O)C[C@@]1(C1CCCC1)[C@]42C)[C@@]1(C)CCC(=O)C(C)(C)[C@@H]1[C@@H]3C=Cc1ccccc1. The average Bonchev–Trinajstić information content (AvgIpc) is 3.77. The van der Waals surface area contributed by atoms with Gasteiger partial charge >= 0.3 is 5.97 Å². The van der Waals surface area contributed by atoms with Crippen LogP contribution >= 0.6 is 0 Å². The van der Waals surface area contributed by atoms with Gasteiger partial charge in [-0.05, 0) is 78.9 Å². The fourth-order valence-electron chi connectivity index (χ4n) is 13.9. The van der Waals surface area contributed by atoms with E-state index in [0.29, 0.717) is 17.6 Å². The second-order valence-corrected chi connectivity index (χ2v) is 19.4. The molecular weight excluding hydrogens is 723 g/mol. The van der Waals surface area contributed by atoms with Crippen molar-refractivity contribution >= 4 is 35.4 Å². The second-order valence-electron chi connectivity index (χ2n) is 19.4. The van der Waals surface area contributed by atoms with Crippen LogP contribution in [0.15, 0.2) is 64.7 Å². The maximum Gasteiger partial charge on any atom is 0.313 e. The Morgan fingerprint density at radius 2 is 1.65 bits per heavy atom. The molecule has 0 amide bonds. The smallest absolute Gasteiger partial charge is 0.313 e. The predicted molar refractivity (Wildman–Crippen MR) is 216 cm³/mol. The van der Waals surface area contributed by atoms with E-state index in [1.54, 1.807) is 12.2 Å². The summed E-state index contributed by atoms with van der Waals surface area (Å²) in [6, 6.07) is 9.78. The van der Waals surface area contributed by atoms with Crippen molar-refractivity contribution < 1.29 is 39.6 Å². The number of aliphatic hydroxyl groups is 3. The van der Waals surface area contributed by atoms with Crippen LogP contribution in [0.4, 0.5) is 0 Å². The van der Waals surface area contributed by atoms with Crippen LogP contribution in [0.25, 0.3) is 6.08 Å². The van der Waals surface area contributed by atoms with Crippen molar-refractivity contribution in [3.63, 3.8) is 0 Å². The number of hydrogen-bond donors (Lipinski definition) is 6. The van der Waals surface area contributed by atoms with Crippen molar-refractivity contribution in [1.82, 2.24) is 0 Å². The van der Waals surface area contributed by atoms with Gasteiger partial charge in [-0.2, -0.15) is 0 Å². The van der Waals surface area contributed by atoms with Crippen molar-refractivity contribution in [3.8, 4) is 0 Å². The molecule has 0 unspecified atom stereocenters.